The Balaban J connectivity index is 1.53. The summed E-state index contributed by atoms with van der Waals surface area (Å²) in [5.74, 6) is -1.56. The standard InChI is InChI=1S/C17H22N2O6/c1-17(2)24-13-11(9-20)23-16(14(13)25-17)19-12(21)8-18-15(22)10-6-4-3-5-7-10/h3-7,11,13-14,16,20H,8-9H2,1-2H3,(H,18,22)(H,19,21)/t11-,13-,14+,16-/m0/s1. The van der Waals surface area contributed by atoms with E-state index in [1.54, 1.807) is 44.2 Å². The number of hydrogen-bond donors (Lipinski definition) is 3. The van der Waals surface area contributed by atoms with Crippen molar-refractivity contribution in [1.29, 1.82) is 0 Å². The normalized spacial score (nSPS) is 29.9. The van der Waals surface area contributed by atoms with E-state index in [4.69, 9.17) is 14.2 Å². The Morgan fingerprint density at radius 1 is 1.16 bits per heavy atom. The molecule has 2 saturated heterocycles. The zero-order valence-electron chi connectivity index (χ0n) is 14.1. The van der Waals surface area contributed by atoms with E-state index >= 15 is 0 Å². The quantitative estimate of drug-likeness (QED) is 0.677. The second-order valence-electron chi connectivity index (χ2n) is 6.46. The zero-order valence-corrected chi connectivity index (χ0v) is 14.1. The monoisotopic (exact) mass is 350 g/mol. The van der Waals surface area contributed by atoms with Crippen molar-refractivity contribution in [3.05, 3.63) is 35.9 Å². The minimum Gasteiger partial charge on any atom is -0.394 e. The van der Waals surface area contributed by atoms with Crippen LogP contribution in [0.4, 0.5) is 0 Å². The Morgan fingerprint density at radius 3 is 2.52 bits per heavy atom. The molecule has 8 heteroatoms. The lowest BCUT2D eigenvalue weighted by Crippen LogP contribution is -2.47. The Labute approximate surface area is 145 Å². The van der Waals surface area contributed by atoms with Crippen LogP contribution < -0.4 is 10.6 Å². The fraction of sp³-hybridized carbons (Fsp3) is 0.529. The minimum absolute atomic E-state index is 0.195. The second kappa shape index (κ2) is 7.09. The largest absolute Gasteiger partial charge is 0.394 e. The van der Waals surface area contributed by atoms with Crippen LogP contribution in [0.1, 0.15) is 24.2 Å². The van der Waals surface area contributed by atoms with Gasteiger partial charge in [-0.3, -0.25) is 9.59 Å². The van der Waals surface area contributed by atoms with Crippen molar-refractivity contribution in [2.75, 3.05) is 13.2 Å². The van der Waals surface area contributed by atoms with E-state index in [9.17, 15) is 14.7 Å². The summed E-state index contributed by atoms with van der Waals surface area (Å²) in [5.41, 5.74) is 0.474. The van der Waals surface area contributed by atoms with E-state index in [0.29, 0.717) is 5.56 Å². The number of ether oxygens (including phenoxy) is 3. The number of rotatable bonds is 5. The third kappa shape index (κ3) is 3.98. The van der Waals surface area contributed by atoms with Gasteiger partial charge in [-0.25, -0.2) is 0 Å². The van der Waals surface area contributed by atoms with Gasteiger partial charge in [0.05, 0.1) is 13.2 Å². The summed E-state index contributed by atoms with van der Waals surface area (Å²) in [5, 5.41) is 14.6. The molecule has 0 aliphatic carbocycles. The Kier molecular flexibility index (Phi) is 5.05. The van der Waals surface area contributed by atoms with Gasteiger partial charge in [0.15, 0.2) is 12.0 Å². The highest BCUT2D eigenvalue weighted by Gasteiger charge is 2.55. The maximum absolute atomic E-state index is 12.1. The predicted molar refractivity (Wildman–Crippen MR) is 86.5 cm³/mol. The molecule has 1 aromatic carbocycles. The van der Waals surface area contributed by atoms with Gasteiger partial charge in [-0.15, -0.1) is 0 Å². The molecule has 0 unspecified atom stereocenters. The van der Waals surface area contributed by atoms with Crippen LogP contribution in [0.2, 0.25) is 0 Å². The average molecular weight is 350 g/mol. The predicted octanol–water partition coefficient (Wildman–Crippen LogP) is -0.230. The molecule has 0 aromatic heterocycles. The lowest BCUT2D eigenvalue weighted by atomic mass is 10.1. The van der Waals surface area contributed by atoms with Crippen molar-refractivity contribution < 1.29 is 28.9 Å². The smallest absolute Gasteiger partial charge is 0.251 e. The van der Waals surface area contributed by atoms with E-state index in [1.165, 1.54) is 0 Å². The molecule has 2 aliphatic rings. The molecular formula is C17H22N2O6. The van der Waals surface area contributed by atoms with Crippen molar-refractivity contribution in [3.63, 3.8) is 0 Å². The number of hydrogen-bond acceptors (Lipinski definition) is 6. The molecule has 1 aromatic rings. The molecule has 25 heavy (non-hydrogen) atoms. The van der Waals surface area contributed by atoms with E-state index in [0.717, 1.165) is 0 Å². The fourth-order valence-corrected chi connectivity index (χ4v) is 3.01. The summed E-state index contributed by atoms with van der Waals surface area (Å²) in [6.45, 7) is 3.09. The van der Waals surface area contributed by atoms with E-state index in [1.807, 2.05) is 0 Å². The molecule has 4 atom stereocenters. The van der Waals surface area contributed by atoms with Crippen LogP contribution in [0.25, 0.3) is 0 Å². The van der Waals surface area contributed by atoms with Crippen LogP contribution >= 0.6 is 0 Å². The number of carbonyl (C=O) groups excluding carboxylic acids is 2. The summed E-state index contributed by atoms with van der Waals surface area (Å²) >= 11 is 0. The van der Waals surface area contributed by atoms with Crippen molar-refractivity contribution >= 4 is 11.8 Å². The summed E-state index contributed by atoms with van der Waals surface area (Å²) in [6, 6.07) is 8.62. The summed E-state index contributed by atoms with van der Waals surface area (Å²) in [4.78, 5) is 24.1. The van der Waals surface area contributed by atoms with Crippen molar-refractivity contribution in [3.8, 4) is 0 Å². The van der Waals surface area contributed by atoms with Gasteiger partial charge in [-0.05, 0) is 26.0 Å². The Morgan fingerprint density at radius 2 is 1.84 bits per heavy atom. The second-order valence-corrected chi connectivity index (χ2v) is 6.46. The van der Waals surface area contributed by atoms with Crippen LogP contribution in [-0.4, -0.2) is 60.4 Å². The van der Waals surface area contributed by atoms with E-state index in [-0.39, 0.29) is 19.1 Å². The molecule has 3 N–H and O–H groups in total. The summed E-state index contributed by atoms with van der Waals surface area (Å²) in [6.07, 6.45) is -2.29. The number of benzene rings is 1. The number of fused-ring (bicyclic) bond motifs is 1. The number of aliphatic hydroxyl groups excluding tert-OH is 1. The first kappa shape index (κ1) is 17.8. The van der Waals surface area contributed by atoms with Crippen molar-refractivity contribution in [2.45, 2.75) is 44.2 Å². The lowest BCUT2D eigenvalue weighted by Gasteiger charge is -2.24. The average Bonchev–Trinajstić information content (AvgIpc) is 3.07. The highest BCUT2D eigenvalue weighted by molar-refractivity contribution is 5.96. The Bertz CT molecular complexity index is 635. The topological polar surface area (TPSA) is 106 Å². The molecule has 2 fully saturated rings. The highest BCUT2D eigenvalue weighted by atomic mass is 16.8. The SMILES string of the molecule is CC1(C)O[C@@H]2[C@@H](O1)[C@@H](NC(=O)CNC(=O)c1ccccc1)O[C@H]2CO. The van der Waals surface area contributed by atoms with Crippen molar-refractivity contribution in [1.82, 2.24) is 10.6 Å². The first-order valence-corrected chi connectivity index (χ1v) is 8.14. The van der Waals surface area contributed by atoms with Gasteiger partial charge in [0.1, 0.15) is 18.3 Å². The van der Waals surface area contributed by atoms with Gasteiger partial charge in [0, 0.05) is 5.56 Å². The molecule has 2 aliphatic heterocycles. The molecule has 0 spiro atoms. The highest BCUT2D eigenvalue weighted by Crippen LogP contribution is 2.37. The molecule has 136 valence electrons. The zero-order chi connectivity index (χ0) is 18.0. The summed E-state index contributed by atoms with van der Waals surface area (Å²) in [7, 11) is 0. The van der Waals surface area contributed by atoms with Gasteiger partial charge in [0.2, 0.25) is 5.91 Å². The van der Waals surface area contributed by atoms with Crippen LogP contribution in [0.3, 0.4) is 0 Å². The first-order valence-electron chi connectivity index (χ1n) is 8.14. The number of aliphatic hydroxyl groups is 1. The van der Waals surface area contributed by atoms with Gasteiger partial charge in [-0.2, -0.15) is 0 Å². The maximum atomic E-state index is 12.1. The van der Waals surface area contributed by atoms with Gasteiger partial charge in [0.25, 0.3) is 5.91 Å². The Hall–Kier alpha value is -2.00. The van der Waals surface area contributed by atoms with Crippen LogP contribution in [0, 0.1) is 0 Å². The van der Waals surface area contributed by atoms with Gasteiger partial charge < -0.3 is 30.0 Å². The molecule has 0 radical (unpaired) electrons. The molecule has 2 amide bonds. The molecule has 8 nitrogen and oxygen atoms in total. The van der Waals surface area contributed by atoms with Crippen LogP contribution in [0.15, 0.2) is 30.3 Å². The first-order chi connectivity index (χ1) is 11.9. The number of carbonyl (C=O) groups is 2. The van der Waals surface area contributed by atoms with E-state index in [2.05, 4.69) is 10.6 Å². The van der Waals surface area contributed by atoms with Crippen LogP contribution in [-0.2, 0) is 19.0 Å². The van der Waals surface area contributed by atoms with Gasteiger partial charge >= 0.3 is 0 Å². The maximum Gasteiger partial charge on any atom is 0.251 e. The lowest BCUT2D eigenvalue weighted by molar-refractivity contribution is -0.194. The summed E-state index contributed by atoms with van der Waals surface area (Å²) < 4.78 is 17.1. The number of nitrogens with one attached hydrogen (secondary N) is 2. The minimum atomic E-state index is -0.808. The molecule has 2 heterocycles. The molecule has 3 rings (SSSR count). The fourth-order valence-electron chi connectivity index (χ4n) is 3.01. The third-order valence-electron chi connectivity index (χ3n) is 4.08. The van der Waals surface area contributed by atoms with Crippen LogP contribution in [0.5, 0.6) is 0 Å². The number of amides is 2. The van der Waals surface area contributed by atoms with E-state index < -0.39 is 36.2 Å². The van der Waals surface area contributed by atoms with Gasteiger partial charge in [-0.1, -0.05) is 18.2 Å². The third-order valence-corrected chi connectivity index (χ3v) is 4.08. The molecule has 0 bridgehead atoms. The molecule has 0 saturated carbocycles. The molecular weight excluding hydrogens is 328 g/mol. The van der Waals surface area contributed by atoms with Crippen molar-refractivity contribution in [2.24, 2.45) is 0 Å².